The number of hydrogen-bond donors (Lipinski definition) is 0. The Morgan fingerprint density at radius 3 is 2.35 bits per heavy atom. The molecule has 2 nitrogen and oxygen atoms in total. The summed E-state index contributed by atoms with van der Waals surface area (Å²) in [6.45, 7) is 0. The van der Waals surface area contributed by atoms with E-state index in [2.05, 4.69) is 6.42 Å². The summed E-state index contributed by atoms with van der Waals surface area (Å²) in [5.74, 6) is -0.752. The zero-order valence-corrected chi connectivity index (χ0v) is 23.3. The number of rotatable bonds is 6. The summed E-state index contributed by atoms with van der Waals surface area (Å²) >= 11 is 0. The van der Waals surface area contributed by atoms with Crippen molar-refractivity contribution in [1.29, 1.82) is 0 Å². The maximum Gasteiger partial charge on any atom is 1.00 e. The molecule has 31 heavy (non-hydrogen) atoms. The standard InChI is InChI=1S/C24H31F4O2.Rb/c25-21-13-9-18-8-10-19(29-23(18)22(21)26)14-15-24(27,28)30-20-11-6-17(7-12-20)16-4-2-1-3-5-16;/h1,9,13,16-17,19-20H,2-8,10-12,14-15H2;/q-1;+1. The molecule has 0 saturated heterocycles. The molecule has 1 atom stereocenters. The van der Waals surface area contributed by atoms with Crippen molar-refractivity contribution in [2.45, 2.75) is 95.4 Å². The quantitative estimate of drug-likeness (QED) is 0.424. The third-order valence-corrected chi connectivity index (χ3v) is 7.12. The average molecular weight is 513 g/mol. The Balaban J connectivity index is 0.00000272. The van der Waals surface area contributed by atoms with Crippen LogP contribution in [0.25, 0.3) is 0 Å². The van der Waals surface area contributed by atoms with E-state index >= 15 is 0 Å². The van der Waals surface area contributed by atoms with Gasteiger partial charge in [0, 0.05) is 6.42 Å². The summed E-state index contributed by atoms with van der Waals surface area (Å²) in [5.41, 5.74) is 0.584. The van der Waals surface area contributed by atoms with Crippen LogP contribution >= 0.6 is 0 Å². The molecule has 7 heteroatoms. The molecule has 0 bridgehead atoms. The van der Waals surface area contributed by atoms with Crippen molar-refractivity contribution in [3.05, 3.63) is 35.8 Å². The molecule has 1 unspecified atom stereocenters. The minimum absolute atomic E-state index is 0. The van der Waals surface area contributed by atoms with Crippen LogP contribution in [0.4, 0.5) is 17.6 Å². The largest absolute Gasteiger partial charge is 1.00 e. The van der Waals surface area contributed by atoms with Gasteiger partial charge in [-0.25, -0.2) is 4.39 Å². The second-order valence-corrected chi connectivity index (χ2v) is 9.16. The summed E-state index contributed by atoms with van der Waals surface area (Å²) in [6.07, 6.45) is 6.94. The molecule has 1 aromatic carbocycles. The first-order valence-corrected chi connectivity index (χ1v) is 11.4. The van der Waals surface area contributed by atoms with Crippen LogP contribution < -0.4 is 62.9 Å². The molecule has 168 valence electrons. The third kappa shape index (κ3) is 7.00. The number of halogens is 4. The van der Waals surface area contributed by atoms with Gasteiger partial charge < -0.3 is 15.9 Å². The number of fused-ring (bicyclic) bond motifs is 1. The first-order chi connectivity index (χ1) is 14.4. The molecule has 4 rings (SSSR count). The molecule has 2 aliphatic carbocycles. The first kappa shape index (κ1) is 26.1. The van der Waals surface area contributed by atoms with Crippen LogP contribution in [0, 0.1) is 29.9 Å². The molecule has 0 radical (unpaired) electrons. The fourth-order valence-corrected chi connectivity index (χ4v) is 5.38. The van der Waals surface area contributed by atoms with E-state index in [0.717, 1.165) is 24.8 Å². The maximum absolute atomic E-state index is 14.4. The predicted octanol–water partition coefficient (Wildman–Crippen LogP) is 4.01. The molecule has 1 aliphatic heterocycles. The Kier molecular flexibility index (Phi) is 9.91. The summed E-state index contributed by atoms with van der Waals surface area (Å²) in [6, 6.07) is 2.56. The molecular weight excluding hydrogens is 482 g/mol. The normalized spacial score (nSPS) is 27.2. The number of alkyl halides is 2. The van der Waals surface area contributed by atoms with Crippen LogP contribution in [-0.2, 0) is 11.2 Å². The molecule has 0 N–H and O–H groups in total. The Labute approximate surface area is 231 Å². The van der Waals surface area contributed by atoms with Crippen LogP contribution in [-0.4, -0.2) is 18.3 Å². The second kappa shape index (κ2) is 11.8. The van der Waals surface area contributed by atoms with E-state index in [1.54, 1.807) is 0 Å². The van der Waals surface area contributed by atoms with Gasteiger partial charge in [0.05, 0.1) is 12.2 Å². The van der Waals surface area contributed by atoms with Crippen molar-refractivity contribution in [3.8, 4) is 5.75 Å². The van der Waals surface area contributed by atoms with E-state index < -0.39 is 36.4 Å². The van der Waals surface area contributed by atoms with Gasteiger partial charge in [0.15, 0.2) is 11.6 Å². The molecule has 1 aromatic rings. The van der Waals surface area contributed by atoms with Gasteiger partial charge in [-0.1, -0.05) is 18.9 Å². The Hall–Kier alpha value is 0.505. The monoisotopic (exact) mass is 512 g/mol. The van der Waals surface area contributed by atoms with Crippen molar-refractivity contribution in [2.24, 2.45) is 11.8 Å². The maximum atomic E-state index is 14.4. The zero-order valence-electron chi connectivity index (χ0n) is 18.4. The van der Waals surface area contributed by atoms with Crippen LogP contribution in [0.5, 0.6) is 5.75 Å². The van der Waals surface area contributed by atoms with E-state index in [4.69, 9.17) is 9.47 Å². The number of hydrogen-bond acceptors (Lipinski definition) is 2. The van der Waals surface area contributed by atoms with Crippen molar-refractivity contribution in [2.75, 3.05) is 0 Å². The Morgan fingerprint density at radius 2 is 1.65 bits per heavy atom. The minimum Gasteiger partial charge on any atom is -0.487 e. The van der Waals surface area contributed by atoms with Crippen LogP contribution in [0.1, 0.15) is 76.2 Å². The zero-order chi connectivity index (χ0) is 21.1. The summed E-state index contributed by atoms with van der Waals surface area (Å²) in [4.78, 5) is 0. The molecule has 0 aromatic heterocycles. The molecular formula is C24H31F4O2Rb. The Morgan fingerprint density at radius 1 is 0.968 bits per heavy atom. The smallest absolute Gasteiger partial charge is 0.487 e. The molecule has 0 spiro atoms. The minimum atomic E-state index is -3.22. The van der Waals surface area contributed by atoms with Crippen LogP contribution in [0.3, 0.4) is 0 Å². The summed E-state index contributed by atoms with van der Waals surface area (Å²) in [5, 5.41) is 0. The fraction of sp³-hybridized carbons (Fsp3) is 0.708. The molecule has 0 amide bonds. The van der Waals surface area contributed by atoms with Gasteiger partial charge in [0.2, 0.25) is 5.82 Å². The molecule has 2 fully saturated rings. The fourth-order valence-electron chi connectivity index (χ4n) is 5.38. The second-order valence-electron chi connectivity index (χ2n) is 9.16. The van der Waals surface area contributed by atoms with E-state index in [9.17, 15) is 17.6 Å². The van der Waals surface area contributed by atoms with E-state index in [-0.39, 0.29) is 70.4 Å². The van der Waals surface area contributed by atoms with E-state index in [1.807, 2.05) is 0 Å². The van der Waals surface area contributed by atoms with Gasteiger partial charge in [0.25, 0.3) is 0 Å². The molecule has 2 saturated carbocycles. The van der Waals surface area contributed by atoms with Gasteiger partial charge in [-0.3, -0.25) is 0 Å². The predicted molar refractivity (Wildman–Crippen MR) is 106 cm³/mol. The van der Waals surface area contributed by atoms with Gasteiger partial charge in [-0.15, -0.1) is 0 Å². The van der Waals surface area contributed by atoms with Crippen molar-refractivity contribution < 1.29 is 85.2 Å². The number of benzene rings is 1. The van der Waals surface area contributed by atoms with Crippen molar-refractivity contribution in [1.82, 2.24) is 0 Å². The van der Waals surface area contributed by atoms with Crippen molar-refractivity contribution in [3.63, 3.8) is 0 Å². The van der Waals surface area contributed by atoms with E-state index in [1.165, 1.54) is 31.7 Å². The SMILES string of the molecule is Fc1ccc2c(c1F)OC(CCC(F)(F)OC1CCC(C3CC[CH-]CC3)CC1)CC2.[Rb+]. The summed E-state index contributed by atoms with van der Waals surface area (Å²) in [7, 11) is 0. The number of ether oxygens (including phenoxy) is 2. The van der Waals surface area contributed by atoms with Gasteiger partial charge in [-0.05, 0) is 68.4 Å². The molecule has 1 heterocycles. The van der Waals surface area contributed by atoms with Gasteiger partial charge in [-0.2, -0.15) is 26.0 Å². The number of aryl methyl sites for hydroxylation is 1. The molecule has 3 aliphatic rings. The summed E-state index contributed by atoms with van der Waals surface area (Å²) < 4.78 is 66.9. The first-order valence-electron chi connectivity index (χ1n) is 11.4. The average Bonchev–Trinajstić information content (AvgIpc) is 2.76. The van der Waals surface area contributed by atoms with Gasteiger partial charge >= 0.3 is 64.3 Å². The third-order valence-electron chi connectivity index (χ3n) is 7.12. The van der Waals surface area contributed by atoms with Crippen molar-refractivity contribution >= 4 is 0 Å². The van der Waals surface area contributed by atoms with Gasteiger partial charge in [0.1, 0.15) is 0 Å². The van der Waals surface area contributed by atoms with Crippen LogP contribution in [0.2, 0.25) is 0 Å². The Bertz CT molecular complexity index is 716. The topological polar surface area (TPSA) is 18.5 Å². The van der Waals surface area contributed by atoms with E-state index in [0.29, 0.717) is 37.2 Å². The van der Waals surface area contributed by atoms with Crippen LogP contribution in [0.15, 0.2) is 12.1 Å².